The van der Waals surface area contributed by atoms with Crippen LogP contribution < -0.4 is 21.3 Å². The van der Waals surface area contributed by atoms with E-state index in [2.05, 4.69) is 44.9 Å². The zero-order chi connectivity index (χ0) is 42.2. The molecule has 14 heteroatoms. The predicted molar refractivity (Wildman–Crippen MR) is 220 cm³/mol. The number of amides is 6. The van der Waals surface area contributed by atoms with E-state index in [1.807, 2.05) is 27.7 Å². The number of rotatable bonds is 14. The van der Waals surface area contributed by atoms with Crippen molar-refractivity contribution in [2.24, 2.45) is 11.8 Å². The second-order valence-electron chi connectivity index (χ2n) is 15.1. The van der Waals surface area contributed by atoms with Crippen molar-refractivity contribution in [3.8, 4) is 23.7 Å². The van der Waals surface area contributed by atoms with E-state index in [0.717, 1.165) is 0 Å². The van der Waals surface area contributed by atoms with E-state index in [9.17, 15) is 28.8 Å². The van der Waals surface area contributed by atoms with Crippen LogP contribution in [0.25, 0.3) is 0 Å². The Morgan fingerprint density at radius 1 is 0.655 bits per heavy atom. The van der Waals surface area contributed by atoms with Gasteiger partial charge in [0, 0.05) is 35.6 Å². The molecule has 2 fully saturated rings. The summed E-state index contributed by atoms with van der Waals surface area (Å²) in [6.07, 6.45) is 1.82. The molecule has 310 valence electrons. The largest absolute Gasteiger partial charge is 0.450 e. The average Bonchev–Trinajstić information content (AvgIpc) is 3.87. The molecule has 2 aliphatic rings. The number of likely N-dealkylation sites (tertiary alicyclic amines) is 2. The van der Waals surface area contributed by atoms with Crippen LogP contribution in [0.2, 0.25) is 0 Å². The Kier molecular flexibility index (Phi) is 17.0. The van der Waals surface area contributed by atoms with Crippen LogP contribution >= 0.6 is 0 Å². The molecule has 2 aliphatic heterocycles. The molecule has 0 radical (unpaired) electrons. The lowest BCUT2D eigenvalue weighted by molar-refractivity contribution is -0.138. The van der Waals surface area contributed by atoms with Gasteiger partial charge < -0.3 is 40.5 Å². The van der Waals surface area contributed by atoms with Crippen molar-refractivity contribution in [3.05, 3.63) is 59.7 Å². The summed E-state index contributed by atoms with van der Waals surface area (Å²) in [4.78, 5) is 81.3. The maximum absolute atomic E-state index is 13.5. The normalized spacial score (nSPS) is 16.9. The van der Waals surface area contributed by atoms with Gasteiger partial charge in [-0.1, -0.05) is 51.7 Å². The van der Waals surface area contributed by atoms with Crippen molar-refractivity contribution < 1.29 is 38.2 Å². The molecule has 2 heterocycles. The van der Waals surface area contributed by atoms with Gasteiger partial charge in [0.2, 0.25) is 23.6 Å². The van der Waals surface area contributed by atoms with E-state index in [4.69, 9.17) is 9.47 Å². The fourth-order valence-electron chi connectivity index (χ4n) is 7.03. The van der Waals surface area contributed by atoms with Gasteiger partial charge in [-0.2, -0.15) is 0 Å². The van der Waals surface area contributed by atoms with Gasteiger partial charge in [-0.3, -0.25) is 19.2 Å². The van der Waals surface area contributed by atoms with Gasteiger partial charge >= 0.3 is 12.2 Å². The van der Waals surface area contributed by atoms with Crippen LogP contribution in [0.3, 0.4) is 0 Å². The number of hydrogen-bond donors (Lipinski definition) is 4. The smallest absolute Gasteiger partial charge is 0.407 e. The maximum atomic E-state index is 13.5. The van der Waals surface area contributed by atoms with Crippen LogP contribution in [0.1, 0.15) is 91.2 Å². The molecule has 2 saturated heterocycles. The van der Waals surface area contributed by atoms with E-state index in [1.165, 1.54) is 9.80 Å². The van der Waals surface area contributed by atoms with Gasteiger partial charge in [-0.25, -0.2) is 9.59 Å². The second-order valence-corrected chi connectivity index (χ2v) is 15.1. The number of ether oxygens (including phenoxy) is 2. The lowest BCUT2D eigenvalue weighted by Crippen LogP contribution is -2.53. The van der Waals surface area contributed by atoms with Crippen molar-refractivity contribution in [2.75, 3.05) is 36.9 Å². The van der Waals surface area contributed by atoms with Crippen LogP contribution in [0.4, 0.5) is 21.0 Å². The molecule has 2 aromatic carbocycles. The van der Waals surface area contributed by atoms with E-state index in [-0.39, 0.29) is 48.7 Å². The maximum Gasteiger partial charge on any atom is 0.407 e. The summed E-state index contributed by atoms with van der Waals surface area (Å²) in [5.74, 6) is 10.6. The Balaban J connectivity index is 1.37. The third-order valence-electron chi connectivity index (χ3n) is 9.56. The SMILES string of the molecule is CCOC(=O)N[C@@H](CC(C)C)C(=O)N1CCC[C@H]1C(=O)Nc1cccc(C#CC#Cc2cccc(NC(=O)[C@@H]3CCCN3C(=O)[C@H](CC(C)C)NC(=O)OCC)c2)c1. The highest BCUT2D eigenvalue weighted by molar-refractivity contribution is 5.99. The summed E-state index contributed by atoms with van der Waals surface area (Å²) in [7, 11) is 0. The molecule has 0 saturated carbocycles. The van der Waals surface area contributed by atoms with Gasteiger partial charge in [-0.05, 0) is 112 Å². The molecule has 0 spiro atoms. The Labute approximate surface area is 341 Å². The zero-order valence-electron chi connectivity index (χ0n) is 34.3. The van der Waals surface area contributed by atoms with Gasteiger partial charge in [0.25, 0.3) is 0 Å². The number of nitrogens with one attached hydrogen (secondary N) is 4. The van der Waals surface area contributed by atoms with Crippen LogP contribution in [-0.4, -0.2) is 96.1 Å². The first-order valence-corrected chi connectivity index (χ1v) is 20.1. The zero-order valence-corrected chi connectivity index (χ0v) is 34.3. The molecule has 14 nitrogen and oxygen atoms in total. The van der Waals surface area contributed by atoms with Gasteiger partial charge in [0.05, 0.1) is 13.2 Å². The molecular formula is C44H56N6O8. The summed E-state index contributed by atoms with van der Waals surface area (Å²) in [6, 6.07) is 11.1. The predicted octanol–water partition coefficient (Wildman–Crippen LogP) is 5.27. The topological polar surface area (TPSA) is 175 Å². The fraction of sp³-hybridized carbons (Fsp3) is 0.500. The monoisotopic (exact) mass is 796 g/mol. The number of hydrogen-bond acceptors (Lipinski definition) is 8. The molecule has 6 amide bonds. The highest BCUT2D eigenvalue weighted by atomic mass is 16.6. The number of alkyl carbamates (subject to hydrolysis) is 2. The van der Waals surface area contributed by atoms with E-state index in [0.29, 0.717) is 74.1 Å². The lowest BCUT2D eigenvalue weighted by Gasteiger charge is -2.29. The molecule has 0 aliphatic carbocycles. The van der Waals surface area contributed by atoms with Crippen molar-refractivity contribution in [1.29, 1.82) is 0 Å². The standard InChI is InChI=1S/C44H56N6O8/c1-7-57-43(55)47-35(25-29(3)4)41(53)49-23-13-21-37(49)39(51)45-33-19-11-17-31(27-33)15-9-10-16-32-18-12-20-34(28-32)46-40(52)38-22-14-24-50(38)42(54)36(26-30(5)6)48-44(56)58-8-2/h11-12,17-20,27-30,35-38H,7-8,13-14,21-26H2,1-6H3,(H,45,51)(H,46,52)(H,47,55)(H,48,56)/t35-,36-,37-,38-/m0/s1. The summed E-state index contributed by atoms with van der Waals surface area (Å²) in [5.41, 5.74) is 2.27. The lowest BCUT2D eigenvalue weighted by atomic mass is 10.0. The summed E-state index contributed by atoms with van der Waals surface area (Å²) >= 11 is 0. The summed E-state index contributed by atoms with van der Waals surface area (Å²) < 4.78 is 10.0. The molecule has 2 aromatic rings. The molecular weight excluding hydrogens is 741 g/mol. The van der Waals surface area contributed by atoms with Crippen molar-refractivity contribution >= 4 is 47.2 Å². The van der Waals surface area contributed by atoms with Gasteiger partial charge in [0.1, 0.15) is 24.2 Å². The molecule has 4 rings (SSSR count). The van der Waals surface area contributed by atoms with E-state index < -0.39 is 36.4 Å². The minimum atomic E-state index is -0.801. The van der Waals surface area contributed by atoms with Crippen LogP contribution in [0.15, 0.2) is 48.5 Å². The number of carbonyl (C=O) groups is 6. The Morgan fingerprint density at radius 2 is 1.05 bits per heavy atom. The number of carbonyl (C=O) groups excluding carboxylic acids is 6. The van der Waals surface area contributed by atoms with Crippen LogP contribution in [-0.2, 0) is 28.7 Å². The number of benzene rings is 2. The van der Waals surface area contributed by atoms with Gasteiger partial charge in [-0.15, -0.1) is 0 Å². The molecule has 4 N–H and O–H groups in total. The third kappa shape index (κ3) is 13.3. The first-order chi connectivity index (χ1) is 27.8. The first-order valence-electron chi connectivity index (χ1n) is 20.1. The first kappa shape index (κ1) is 44.7. The quantitative estimate of drug-likeness (QED) is 0.187. The fourth-order valence-corrected chi connectivity index (χ4v) is 7.03. The van der Waals surface area contributed by atoms with Crippen LogP contribution in [0.5, 0.6) is 0 Å². The molecule has 58 heavy (non-hydrogen) atoms. The highest BCUT2D eigenvalue weighted by Gasteiger charge is 2.39. The minimum Gasteiger partial charge on any atom is -0.450 e. The van der Waals surface area contributed by atoms with E-state index in [1.54, 1.807) is 62.4 Å². The Bertz CT molecular complexity index is 1790. The highest BCUT2D eigenvalue weighted by Crippen LogP contribution is 2.24. The minimum absolute atomic E-state index is 0.128. The van der Waals surface area contributed by atoms with Crippen molar-refractivity contribution in [3.63, 3.8) is 0 Å². The third-order valence-corrected chi connectivity index (χ3v) is 9.56. The molecule has 0 unspecified atom stereocenters. The average molecular weight is 797 g/mol. The second kappa shape index (κ2) is 22.1. The van der Waals surface area contributed by atoms with Crippen molar-refractivity contribution in [2.45, 2.75) is 104 Å². The number of anilines is 2. The summed E-state index contributed by atoms with van der Waals surface area (Å²) in [6.45, 7) is 12.4. The Morgan fingerprint density at radius 3 is 1.41 bits per heavy atom. The molecule has 0 aromatic heterocycles. The van der Waals surface area contributed by atoms with Crippen molar-refractivity contribution in [1.82, 2.24) is 20.4 Å². The molecule has 4 atom stereocenters. The van der Waals surface area contributed by atoms with Crippen LogP contribution in [0, 0.1) is 35.5 Å². The van der Waals surface area contributed by atoms with Gasteiger partial charge in [0.15, 0.2) is 0 Å². The molecule has 0 bridgehead atoms. The summed E-state index contributed by atoms with van der Waals surface area (Å²) in [5, 5.41) is 11.2. The van der Waals surface area contributed by atoms with E-state index >= 15 is 0 Å². The number of nitrogens with zero attached hydrogens (tertiary/aromatic N) is 2. The Hall–Kier alpha value is -6.02.